The Bertz CT molecular complexity index is 729. The predicted molar refractivity (Wildman–Crippen MR) is 86.3 cm³/mol. The fourth-order valence-electron chi connectivity index (χ4n) is 3.18. The van der Waals surface area contributed by atoms with Crippen LogP contribution in [0.4, 0.5) is 13.2 Å². The molecule has 0 N–H and O–H groups in total. The molecule has 0 aliphatic carbocycles. The van der Waals surface area contributed by atoms with Gasteiger partial charge in [0.1, 0.15) is 12.4 Å². The summed E-state index contributed by atoms with van der Waals surface area (Å²) in [7, 11) is 3.54. The minimum absolute atomic E-state index is 0.0291. The van der Waals surface area contributed by atoms with Crippen LogP contribution >= 0.6 is 0 Å². The normalized spacial score (nSPS) is 19.3. The van der Waals surface area contributed by atoms with E-state index in [-0.39, 0.29) is 12.6 Å². The molecule has 0 saturated carbocycles. The lowest BCUT2D eigenvalue weighted by molar-refractivity contribution is -0.137. The van der Waals surface area contributed by atoms with Crippen molar-refractivity contribution < 1.29 is 17.9 Å². The van der Waals surface area contributed by atoms with Gasteiger partial charge >= 0.3 is 6.18 Å². The minimum atomic E-state index is -4.40. The molecule has 25 heavy (non-hydrogen) atoms. The van der Waals surface area contributed by atoms with Gasteiger partial charge in [0.15, 0.2) is 5.82 Å². The molecule has 8 heteroatoms. The van der Waals surface area contributed by atoms with Crippen LogP contribution < -0.4 is 0 Å². The van der Waals surface area contributed by atoms with Gasteiger partial charge in [0.05, 0.1) is 17.3 Å². The molecule has 1 saturated heterocycles. The van der Waals surface area contributed by atoms with Crippen LogP contribution in [0.15, 0.2) is 24.3 Å². The van der Waals surface area contributed by atoms with Crippen LogP contribution in [0.1, 0.15) is 42.5 Å². The first kappa shape index (κ1) is 17.9. The number of alkyl halides is 3. The molecule has 1 atom stereocenters. The number of halogens is 3. The van der Waals surface area contributed by atoms with Gasteiger partial charge in [0.2, 0.25) is 0 Å². The van der Waals surface area contributed by atoms with E-state index in [4.69, 9.17) is 4.74 Å². The number of piperidine rings is 1. The Morgan fingerprint density at radius 2 is 2.08 bits per heavy atom. The van der Waals surface area contributed by atoms with E-state index in [0.717, 1.165) is 37.9 Å². The quantitative estimate of drug-likeness (QED) is 0.842. The first-order chi connectivity index (χ1) is 11.9. The maximum Gasteiger partial charge on any atom is 0.416 e. The summed E-state index contributed by atoms with van der Waals surface area (Å²) < 4.78 is 45.8. The number of benzene rings is 1. The van der Waals surface area contributed by atoms with E-state index < -0.39 is 11.7 Å². The lowest BCUT2D eigenvalue weighted by Crippen LogP contribution is -2.31. The number of methoxy groups -OCH3 is 1. The Kier molecular flexibility index (Phi) is 5.10. The standard InChI is InChI=1S/C17H21F3N4O/c1-23-9-4-3-8-14(23)16-21-15(11-25-2)22-24(16)13-7-5-6-12(10-13)17(18,19)20/h5-7,10,14H,3-4,8-9,11H2,1-2H3/t14-/m0/s1. The molecule has 0 radical (unpaired) electrons. The zero-order valence-electron chi connectivity index (χ0n) is 14.3. The zero-order valence-corrected chi connectivity index (χ0v) is 14.3. The molecule has 1 aliphatic heterocycles. The average molecular weight is 354 g/mol. The summed E-state index contributed by atoms with van der Waals surface area (Å²) in [5.41, 5.74) is -0.338. The van der Waals surface area contributed by atoms with E-state index in [2.05, 4.69) is 15.0 Å². The Labute approximate surface area is 144 Å². The molecule has 5 nitrogen and oxygen atoms in total. The summed E-state index contributed by atoms with van der Waals surface area (Å²) in [5, 5.41) is 4.39. The molecule has 1 aromatic carbocycles. The van der Waals surface area contributed by atoms with Gasteiger partial charge < -0.3 is 4.74 Å². The number of ether oxygens (including phenoxy) is 1. The van der Waals surface area contributed by atoms with Crippen LogP contribution in [0, 0.1) is 0 Å². The summed E-state index contributed by atoms with van der Waals surface area (Å²) in [4.78, 5) is 6.72. The molecule has 0 bridgehead atoms. The van der Waals surface area contributed by atoms with Crippen LogP contribution in [-0.4, -0.2) is 40.4 Å². The van der Waals surface area contributed by atoms with Crippen LogP contribution in [-0.2, 0) is 17.5 Å². The van der Waals surface area contributed by atoms with Crippen molar-refractivity contribution in [2.24, 2.45) is 0 Å². The van der Waals surface area contributed by atoms with Crippen molar-refractivity contribution >= 4 is 0 Å². The first-order valence-electron chi connectivity index (χ1n) is 8.23. The van der Waals surface area contributed by atoms with Gasteiger partial charge in [0, 0.05) is 7.11 Å². The van der Waals surface area contributed by atoms with E-state index in [0.29, 0.717) is 17.3 Å². The third kappa shape index (κ3) is 3.85. The van der Waals surface area contributed by atoms with Crippen molar-refractivity contribution in [3.63, 3.8) is 0 Å². The van der Waals surface area contributed by atoms with Crippen molar-refractivity contribution in [1.82, 2.24) is 19.7 Å². The van der Waals surface area contributed by atoms with Crippen molar-refractivity contribution in [2.75, 3.05) is 20.7 Å². The third-order valence-corrected chi connectivity index (χ3v) is 4.44. The highest BCUT2D eigenvalue weighted by Crippen LogP contribution is 2.33. The monoisotopic (exact) mass is 354 g/mol. The molecule has 2 aromatic rings. The SMILES string of the molecule is COCc1nc([C@@H]2CCCCN2C)n(-c2cccc(C(F)(F)F)c2)n1. The van der Waals surface area contributed by atoms with Crippen molar-refractivity contribution in [2.45, 2.75) is 38.1 Å². The fourth-order valence-corrected chi connectivity index (χ4v) is 3.18. The summed E-state index contributed by atoms with van der Waals surface area (Å²) >= 11 is 0. The highest BCUT2D eigenvalue weighted by molar-refractivity contribution is 5.37. The Morgan fingerprint density at radius 3 is 2.76 bits per heavy atom. The van der Waals surface area contributed by atoms with E-state index in [1.807, 2.05) is 7.05 Å². The molecule has 1 fully saturated rings. The highest BCUT2D eigenvalue weighted by atomic mass is 19.4. The Balaban J connectivity index is 2.05. The molecule has 3 rings (SSSR count). The van der Waals surface area contributed by atoms with Gasteiger partial charge in [-0.15, -0.1) is 5.10 Å². The van der Waals surface area contributed by atoms with Crippen LogP contribution in [0.2, 0.25) is 0 Å². The number of nitrogens with zero attached hydrogens (tertiary/aromatic N) is 4. The van der Waals surface area contributed by atoms with Gasteiger partial charge in [-0.3, -0.25) is 4.90 Å². The van der Waals surface area contributed by atoms with Crippen molar-refractivity contribution in [3.05, 3.63) is 41.5 Å². The van der Waals surface area contributed by atoms with E-state index >= 15 is 0 Å². The molecule has 2 heterocycles. The van der Waals surface area contributed by atoms with Crippen LogP contribution in [0.5, 0.6) is 0 Å². The maximum atomic E-state index is 13.1. The minimum Gasteiger partial charge on any atom is -0.377 e. The number of likely N-dealkylation sites (tertiary alicyclic amines) is 1. The molecule has 0 amide bonds. The van der Waals surface area contributed by atoms with E-state index in [1.54, 1.807) is 6.07 Å². The second kappa shape index (κ2) is 7.13. The second-order valence-corrected chi connectivity index (χ2v) is 6.27. The Morgan fingerprint density at radius 1 is 1.28 bits per heavy atom. The van der Waals surface area contributed by atoms with Gasteiger partial charge in [0.25, 0.3) is 0 Å². The van der Waals surface area contributed by atoms with Gasteiger partial charge in [-0.25, -0.2) is 9.67 Å². The van der Waals surface area contributed by atoms with Crippen LogP contribution in [0.25, 0.3) is 5.69 Å². The molecule has 0 unspecified atom stereocenters. The molecule has 0 spiro atoms. The average Bonchev–Trinajstić information content (AvgIpc) is 2.99. The van der Waals surface area contributed by atoms with E-state index in [9.17, 15) is 13.2 Å². The van der Waals surface area contributed by atoms with Gasteiger partial charge in [-0.1, -0.05) is 12.5 Å². The van der Waals surface area contributed by atoms with Crippen molar-refractivity contribution in [3.8, 4) is 5.69 Å². The fraction of sp³-hybridized carbons (Fsp3) is 0.529. The summed E-state index contributed by atoms with van der Waals surface area (Å²) in [6.07, 6.45) is -1.33. The predicted octanol–water partition coefficient (Wildman–Crippen LogP) is 3.59. The number of hydrogen-bond acceptors (Lipinski definition) is 4. The van der Waals surface area contributed by atoms with Gasteiger partial charge in [-0.2, -0.15) is 13.2 Å². The summed E-state index contributed by atoms with van der Waals surface area (Å²) in [6, 6.07) is 5.21. The topological polar surface area (TPSA) is 43.2 Å². The smallest absolute Gasteiger partial charge is 0.377 e. The lowest BCUT2D eigenvalue weighted by atomic mass is 10.0. The molecule has 1 aliphatic rings. The first-order valence-corrected chi connectivity index (χ1v) is 8.23. The molecular formula is C17H21F3N4O. The van der Waals surface area contributed by atoms with E-state index in [1.165, 1.54) is 17.9 Å². The largest absolute Gasteiger partial charge is 0.416 e. The molecule has 136 valence electrons. The number of rotatable bonds is 4. The third-order valence-electron chi connectivity index (χ3n) is 4.44. The van der Waals surface area contributed by atoms with Crippen LogP contribution in [0.3, 0.4) is 0 Å². The molecule has 1 aromatic heterocycles. The summed E-state index contributed by atoms with van der Waals surface area (Å²) in [5.74, 6) is 1.13. The number of hydrogen-bond donors (Lipinski definition) is 0. The van der Waals surface area contributed by atoms with Crippen molar-refractivity contribution in [1.29, 1.82) is 0 Å². The maximum absolute atomic E-state index is 13.1. The lowest BCUT2D eigenvalue weighted by Gasteiger charge is -2.31. The highest BCUT2D eigenvalue weighted by Gasteiger charge is 2.32. The zero-order chi connectivity index (χ0) is 18.0. The number of aromatic nitrogens is 3. The summed E-state index contributed by atoms with van der Waals surface area (Å²) in [6.45, 7) is 1.15. The second-order valence-electron chi connectivity index (χ2n) is 6.27. The van der Waals surface area contributed by atoms with Gasteiger partial charge in [-0.05, 0) is 44.6 Å². The molecular weight excluding hydrogens is 333 g/mol. The Hall–Kier alpha value is -1.93.